The van der Waals surface area contributed by atoms with E-state index < -0.39 is 0 Å². The van der Waals surface area contributed by atoms with Gasteiger partial charge < -0.3 is 5.73 Å². The molecule has 0 saturated carbocycles. The number of nitrogens with two attached hydrogens (primary N) is 1. The molecule has 3 N–H and O–H groups in total. The smallest absolute Gasteiger partial charge is 0.123 e. The van der Waals surface area contributed by atoms with Gasteiger partial charge in [0.1, 0.15) is 5.83 Å². The fraction of sp³-hybridized carbons (Fsp3) is 0.400. The third-order valence-electron chi connectivity index (χ3n) is 5.11. The molecule has 1 aromatic rings. The zero-order valence-electron chi connectivity index (χ0n) is 17.7. The lowest BCUT2D eigenvalue weighted by molar-refractivity contribution is 0.349. The highest BCUT2D eigenvalue weighted by Gasteiger charge is 2.38. The minimum absolute atomic E-state index is 0.146. The van der Waals surface area contributed by atoms with Gasteiger partial charge in [-0.15, -0.1) is 0 Å². The average Bonchev–Trinajstić information content (AvgIpc) is 2.66. The number of nitrogens with one attached hydrogen (secondary N) is 1. The molecule has 3 heteroatoms. The van der Waals surface area contributed by atoms with Crippen molar-refractivity contribution in [3.63, 3.8) is 0 Å². The maximum absolute atomic E-state index is 14.3. The first-order chi connectivity index (χ1) is 13.2. The van der Waals surface area contributed by atoms with Gasteiger partial charge in [-0.3, -0.25) is 5.41 Å². The lowest BCUT2D eigenvalue weighted by Crippen LogP contribution is -2.32. The summed E-state index contributed by atoms with van der Waals surface area (Å²) in [5.74, 6) is -0.0243. The first-order valence-electron chi connectivity index (χ1n) is 10.2. The molecule has 0 bridgehead atoms. The standard InChI is InChI=1S/C22H25FN2.C3H8/c1-14(2)8-10-22(3)11-9-15-6-4-5-7-16(15)21(25)17-12-20(24)19(23)13-18(17)22;1-3-2/h4-12,14,18,25H,13,24H2,1-3H3;3H2,1-2H3/b10-8?,11-9-,25-21?;. The van der Waals surface area contributed by atoms with Crippen LogP contribution in [0.2, 0.25) is 0 Å². The van der Waals surface area contributed by atoms with Gasteiger partial charge in [0.25, 0.3) is 0 Å². The third-order valence-corrected chi connectivity index (χ3v) is 5.11. The van der Waals surface area contributed by atoms with E-state index in [1.54, 1.807) is 6.08 Å². The number of hydrogen-bond acceptors (Lipinski definition) is 2. The fourth-order valence-electron chi connectivity index (χ4n) is 3.54. The molecule has 0 radical (unpaired) electrons. The molecule has 2 aliphatic carbocycles. The van der Waals surface area contributed by atoms with Crippen LogP contribution < -0.4 is 5.73 Å². The molecule has 0 fully saturated rings. The van der Waals surface area contributed by atoms with Crippen molar-refractivity contribution < 1.29 is 4.39 Å². The summed E-state index contributed by atoms with van der Waals surface area (Å²) < 4.78 is 14.3. The molecule has 3 rings (SSSR count). The number of rotatable bonds is 2. The molecule has 2 unspecified atom stereocenters. The Bertz CT molecular complexity index is 842. The number of halogens is 1. The van der Waals surface area contributed by atoms with Crippen LogP contribution in [0.25, 0.3) is 6.08 Å². The van der Waals surface area contributed by atoms with Crippen molar-refractivity contribution >= 4 is 11.8 Å². The van der Waals surface area contributed by atoms with Crippen molar-refractivity contribution in [1.82, 2.24) is 0 Å². The minimum Gasteiger partial charge on any atom is -0.397 e. The highest BCUT2D eigenvalue weighted by molar-refractivity contribution is 6.13. The van der Waals surface area contributed by atoms with Crippen LogP contribution in [0.1, 0.15) is 58.6 Å². The average molecular weight is 381 g/mol. The van der Waals surface area contributed by atoms with Gasteiger partial charge in [0.2, 0.25) is 0 Å². The van der Waals surface area contributed by atoms with Crippen LogP contribution in [-0.4, -0.2) is 5.71 Å². The van der Waals surface area contributed by atoms with Crippen LogP contribution in [0.5, 0.6) is 0 Å². The van der Waals surface area contributed by atoms with E-state index >= 15 is 0 Å². The van der Waals surface area contributed by atoms with Crippen LogP contribution in [-0.2, 0) is 0 Å². The van der Waals surface area contributed by atoms with Crippen molar-refractivity contribution in [3.8, 4) is 0 Å². The summed E-state index contributed by atoms with van der Waals surface area (Å²) in [5, 5.41) is 8.75. The topological polar surface area (TPSA) is 49.9 Å². The Morgan fingerprint density at radius 1 is 1.29 bits per heavy atom. The van der Waals surface area contributed by atoms with Gasteiger partial charge in [0, 0.05) is 23.3 Å². The predicted octanol–water partition coefficient (Wildman–Crippen LogP) is 6.80. The van der Waals surface area contributed by atoms with E-state index in [0.717, 1.165) is 16.7 Å². The van der Waals surface area contributed by atoms with E-state index in [4.69, 9.17) is 11.1 Å². The van der Waals surface area contributed by atoms with E-state index in [2.05, 4.69) is 58.9 Å². The second-order valence-electron chi connectivity index (χ2n) is 8.19. The first-order valence-corrected chi connectivity index (χ1v) is 10.2. The lowest BCUT2D eigenvalue weighted by Gasteiger charge is -2.38. The summed E-state index contributed by atoms with van der Waals surface area (Å²) in [7, 11) is 0. The van der Waals surface area contributed by atoms with Gasteiger partial charge in [0.05, 0.1) is 11.4 Å². The van der Waals surface area contributed by atoms with Crippen molar-refractivity contribution in [2.75, 3.05) is 0 Å². The van der Waals surface area contributed by atoms with Crippen LogP contribution in [0.4, 0.5) is 4.39 Å². The maximum atomic E-state index is 14.3. The van der Waals surface area contributed by atoms with Crippen molar-refractivity contribution in [2.24, 2.45) is 23.0 Å². The molecule has 28 heavy (non-hydrogen) atoms. The minimum atomic E-state index is -0.381. The Hall–Kier alpha value is -2.42. The normalized spacial score (nSPS) is 25.3. The Morgan fingerprint density at radius 3 is 2.57 bits per heavy atom. The van der Waals surface area contributed by atoms with Crippen molar-refractivity contribution in [2.45, 2.75) is 47.5 Å². The highest BCUT2D eigenvalue weighted by atomic mass is 19.1. The molecule has 2 nitrogen and oxygen atoms in total. The Kier molecular flexibility index (Phi) is 7.17. The summed E-state index contributed by atoms with van der Waals surface area (Å²) in [6, 6.07) is 7.85. The van der Waals surface area contributed by atoms with E-state index in [9.17, 15) is 4.39 Å². The summed E-state index contributed by atoms with van der Waals surface area (Å²) in [5.41, 5.74) is 8.74. The summed E-state index contributed by atoms with van der Waals surface area (Å²) in [6.45, 7) is 10.6. The number of benzene rings is 1. The summed E-state index contributed by atoms with van der Waals surface area (Å²) >= 11 is 0. The fourth-order valence-corrected chi connectivity index (χ4v) is 3.54. The second kappa shape index (κ2) is 9.18. The van der Waals surface area contributed by atoms with Gasteiger partial charge in [-0.05, 0) is 23.1 Å². The Labute approximate surface area is 169 Å². The zero-order valence-corrected chi connectivity index (χ0v) is 17.7. The van der Waals surface area contributed by atoms with Gasteiger partial charge in [-0.2, -0.15) is 0 Å². The van der Waals surface area contributed by atoms with Crippen LogP contribution in [0.15, 0.2) is 65.7 Å². The molecule has 0 amide bonds. The van der Waals surface area contributed by atoms with E-state index in [0.29, 0.717) is 11.6 Å². The molecule has 1 aromatic carbocycles. The summed E-state index contributed by atoms with van der Waals surface area (Å²) in [6.07, 6.45) is 11.6. The van der Waals surface area contributed by atoms with Gasteiger partial charge in [-0.1, -0.05) is 89.6 Å². The first kappa shape index (κ1) is 21.9. The van der Waals surface area contributed by atoms with Crippen molar-refractivity contribution in [3.05, 3.63) is 76.8 Å². The maximum Gasteiger partial charge on any atom is 0.123 e. The van der Waals surface area contributed by atoms with E-state index in [1.807, 2.05) is 24.3 Å². The molecule has 0 aliphatic heterocycles. The Balaban J connectivity index is 0.000000878. The molecule has 0 spiro atoms. The summed E-state index contributed by atoms with van der Waals surface area (Å²) in [4.78, 5) is 0. The molecule has 0 heterocycles. The second-order valence-corrected chi connectivity index (χ2v) is 8.19. The SMILES string of the molecule is CC(C)C=CC1(C)/C=C\c2ccccc2C(=N)C2=CC(N)=C(F)CC21.CCC. The highest BCUT2D eigenvalue weighted by Crippen LogP contribution is 2.46. The van der Waals surface area contributed by atoms with Crippen LogP contribution in [0.3, 0.4) is 0 Å². The molecule has 2 atom stereocenters. The number of fused-ring (bicyclic) bond motifs is 2. The molecular formula is C25H33FN2. The predicted molar refractivity (Wildman–Crippen MR) is 119 cm³/mol. The molecular weight excluding hydrogens is 347 g/mol. The number of hydrogen-bond donors (Lipinski definition) is 2. The molecule has 2 aliphatic rings. The van der Waals surface area contributed by atoms with Gasteiger partial charge in [0.15, 0.2) is 0 Å². The lowest BCUT2D eigenvalue weighted by atomic mass is 9.66. The number of allylic oxidation sites excluding steroid dienone is 6. The van der Waals surface area contributed by atoms with Gasteiger partial charge >= 0.3 is 0 Å². The third kappa shape index (κ3) is 4.70. The van der Waals surface area contributed by atoms with E-state index in [-0.39, 0.29) is 29.3 Å². The van der Waals surface area contributed by atoms with Crippen LogP contribution >= 0.6 is 0 Å². The molecule has 0 saturated heterocycles. The quantitative estimate of drug-likeness (QED) is 0.544. The Morgan fingerprint density at radius 2 is 1.93 bits per heavy atom. The van der Waals surface area contributed by atoms with E-state index in [1.165, 1.54) is 6.42 Å². The molecule has 0 aromatic heterocycles. The molecule has 150 valence electrons. The largest absolute Gasteiger partial charge is 0.397 e. The monoisotopic (exact) mass is 380 g/mol. The van der Waals surface area contributed by atoms with Gasteiger partial charge in [-0.25, -0.2) is 4.39 Å². The van der Waals surface area contributed by atoms with Crippen LogP contribution in [0, 0.1) is 22.7 Å². The van der Waals surface area contributed by atoms with Crippen molar-refractivity contribution in [1.29, 1.82) is 5.41 Å². The zero-order chi connectivity index (χ0) is 20.9.